The molecule has 7 nitrogen and oxygen atoms in total. The summed E-state index contributed by atoms with van der Waals surface area (Å²) in [4.78, 5) is 38.1. The maximum absolute atomic E-state index is 12.7. The van der Waals surface area contributed by atoms with Gasteiger partial charge >= 0.3 is 18.8 Å². The van der Waals surface area contributed by atoms with Crippen LogP contribution in [0.2, 0.25) is 5.02 Å². The predicted molar refractivity (Wildman–Crippen MR) is 102 cm³/mol. The Morgan fingerprint density at radius 2 is 1.48 bits per heavy atom. The Balaban J connectivity index is 3.21. The Labute approximate surface area is 172 Å². The molecule has 0 spiro atoms. The minimum atomic E-state index is -3.18. The van der Waals surface area contributed by atoms with E-state index in [4.69, 9.17) is 21.1 Å². The van der Waals surface area contributed by atoms with Gasteiger partial charge in [0.15, 0.2) is 5.78 Å². The van der Waals surface area contributed by atoms with Crippen LogP contribution in [0.25, 0.3) is 0 Å². The standard InChI is InChI=1S/C19H24ClF2NO6/c1-18(2,3)28-16(25)23(17(26)29-19(4,5)6)10-13(24)12-9-11(20)7-8-14(12)27-15(21)22/h7-9,15H,10H2,1-6H3. The first-order chi connectivity index (χ1) is 13.1. The Morgan fingerprint density at radius 1 is 1.00 bits per heavy atom. The summed E-state index contributed by atoms with van der Waals surface area (Å²) in [5, 5.41) is 0.0797. The smallest absolute Gasteiger partial charge is 0.420 e. The summed E-state index contributed by atoms with van der Waals surface area (Å²) in [6.45, 7) is 5.44. The van der Waals surface area contributed by atoms with E-state index < -0.39 is 48.1 Å². The monoisotopic (exact) mass is 435 g/mol. The maximum Gasteiger partial charge on any atom is 0.420 e. The molecule has 0 aliphatic heterocycles. The Kier molecular flexibility index (Phi) is 7.97. The molecule has 10 heteroatoms. The molecule has 0 aliphatic carbocycles. The zero-order valence-electron chi connectivity index (χ0n) is 17.0. The number of hydrogen-bond donors (Lipinski definition) is 0. The van der Waals surface area contributed by atoms with E-state index in [1.807, 2.05) is 0 Å². The van der Waals surface area contributed by atoms with Crippen molar-refractivity contribution in [2.24, 2.45) is 0 Å². The molecule has 1 aromatic carbocycles. The highest BCUT2D eigenvalue weighted by atomic mass is 35.5. The van der Waals surface area contributed by atoms with E-state index in [9.17, 15) is 23.2 Å². The first kappa shape index (κ1) is 24.6. The van der Waals surface area contributed by atoms with Crippen LogP contribution in [0.5, 0.6) is 5.75 Å². The summed E-state index contributed by atoms with van der Waals surface area (Å²) in [6.07, 6.45) is -2.25. The zero-order valence-corrected chi connectivity index (χ0v) is 17.8. The number of rotatable bonds is 5. The minimum absolute atomic E-state index is 0.0797. The van der Waals surface area contributed by atoms with Crippen LogP contribution in [-0.2, 0) is 9.47 Å². The Morgan fingerprint density at radius 3 is 1.90 bits per heavy atom. The molecule has 162 valence electrons. The van der Waals surface area contributed by atoms with E-state index in [1.165, 1.54) is 6.07 Å². The van der Waals surface area contributed by atoms with Crippen LogP contribution >= 0.6 is 11.6 Å². The van der Waals surface area contributed by atoms with Gasteiger partial charge in [-0.2, -0.15) is 8.78 Å². The second kappa shape index (κ2) is 9.39. The SMILES string of the molecule is CC(C)(C)OC(=O)N(CC(=O)c1cc(Cl)ccc1OC(F)F)C(=O)OC(C)(C)C. The molecule has 0 aromatic heterocycles. The normalized spacial score (nSPS) is 11.8. The number of nitrogens with zero attached hydrogens (tertiary/aromatic N) is 1. The number of amides is 2. The lowest BCUT2D eigenvalue weighted by atomic mass is 10.1. The summed E-state index contributed by atoms with van der Waals surface area (Å²) in [5.74, 6) is -1.32. The lowest BCUT2D eigenvalue weighted by Crippen LogP contribution is -2.46. The van der Waals surface area contributed by atoms with Gasteiger partial charge in [0.05, 0.1) is 12.1 Å². The maximum atomic E-state index is 12.7. The molecule has 0 unspecified atom stereocenters. The molecule has 0 fully saturated rings. The number of carbonyl (C=O) groups is 3. The van der Waals surface area contributed by atoms with Crippen LogP contribution in [0.4, 0.5) is 18.4 Å². The first-order valence-corrected chi connectivity index (χ1v) is 8.98. The molecule has 1 rings (SSSR count). The minimum Gasteiger partial charge on any atom is -0.443 e. The summed E-state index contributed by atoms with van der Waals surface area (Å²) < 4.78 is 39.9. The second-order valence-electron chi connectivity index (χ2n) is 7.99. The number of alkyl halides is 2. The molecule has 1 aromatic rings. The number of halogens is 3. The molecule has 0 radical (unpaired) electrons. The first-order valence-electron chi connectivity index (χ1n) is 8.60. The molecule has 0 saturated heterocycles. The van der Waals surface area contributed by atoms with Gasteiger partial charge in [-0.25, -0.2) is 14.5 Å². The molecule has 29 heavy (non-hydrogen) atoms. The molecule has 0 saturated carbocycles. The van der Waals surface area contributed by atoms with Crippen LogP contribution in [0.1, 0.15) is 51.9 Å². The van der Waals surface area contributed by atoms with Crippen LogP contribution in [0.15, 0.2) is 18.2 Å². The van der Waals surface area contributed by atoms with Crippen molar-refractivity contribution >= 4 is 29.6 Å². The molecule has 0 bridgehead atoms. The van der Waals surface area contributed by atoms with Gasteiger partial charge in [-0.05, 0) is 59.7 Å². The fourth-order valence-electron chi connectivity index (χ4n) is 1.99. The zero-order chi connectivity index (χ0) is 22.6. The highest BCUT2D eigenvalue weighted by Crippen LogP contribution is 2.26. The molecule has 0 N–H and O–H groups in total. The quantitative estimate of drug-likeness (QED) is 0.584. The van der Waals surface area contributed by atoms with Crippen molar-refractivity contribution in [3.05, 3.63) is 28.8 Å². The predicted octanol–water partition coefficient (Wildman–Crippen LogP) is 5.30. The van der Waals surface area contributed by atoms with E-state index in [-0.39, 0.29) is 10.6 Å². The van der Waals surface area contributed by atoms with Gasteiger partial charge in [0.25, 0.3) is 0 Å². The largest absolute Gasteiger partial charge is 0.443 e. The number of ketones is 1. The molecule has 0 heterocycles. The third-order valence-corrected chi connectivity index (χ3v) is 3.22. The van der Waals surface area contributed by atoms with Crippen LogP contribution < -0.4 is 4.74 Å². The number of carbonyl (C=O) groups excluding carboxylic acids is 3. The average Bonchev–Trinajstić information content (AvgIpc) is 2.50. The van der Waals surface area contributed by atoms with Crippen molar-refractivity contribution in [3.8, 4) is 5.75 Å². The van der Waals surface area contributed by atoms with Crippen molar-refractivity contribution in [1.82, 2.24) is 4.90 Å². The van der Waals surface area contributed by atoms with Gasteiger partial charge in [-0.1, -0.05) is 11.6 Å². The number of benzene rings is 1. The lowest BCUT2D eigenvalue weighted by molar-refractivity contribution is -0.0502. The van der Waals surface area contributed by atoms with Gasteiger partial charge < -0.3 is 14.2 Å². The summed E-state index contributed by atoms with van der Waals surface area (Å²) in [7, 11) is 0. The van der Waals surface area contributed by atoms with Gasteiger partial charge in [0, 0.05) is 5.02 Å². The molecular weight excluding hydrogens is 412 g/mol. The van der Waals surface area contributed by atoms with E-state index in [0.717, 1.165) is 12.1 Å². The Bertz CT molecular complexity index is 743. The van der Waals surface area contributed by atoms with Gasteiger partial charge in [0.1, 0.15) is 17.0 Å². The number of hydrogen-bond acceptors (Lipinski definition) is 6. The molecular formula is C19H24ClF2NO6. The topological polar surface area (TPSA) is 82.1 Å². The van der Waals surface area contributed by atoms with E-state index in [0.29, 0.717) is 4.90 Å². The van der Waals surface area contributed by atoms with Crippen LogP contribution in [0, 0.1) is 0 Å². The summed E-state index contributed by atoms with van der Waals surface area (Å²) >= 11 is 5.84. The number of ether oxygens (including phenoxy) is 3. The van der Waals surface area contributed by atoms with E-state index >= 15 is 0 Å². The van der Waals surface area contributed by atoms with Crippen LogP contribution in [0.3, 0.4) is 0 Å². The summed E-state index contributed by atoms with van der Waals surface area (Å²) in [5.41, 5.74) is -2.24. The summed E-state index contributed by atoms with van der Waals surface area (Å²) in [6, 6.07) is 3.45. The van der Waals surface area contributed by atoms with Crippen molar-refractivity contribution < 1.29 is 37.4 Å². The van der Waals surface area contributed by atoms with Crippen molar-refractivity contribution in [2.75, 3.05) is 6.54 Å². The van der Waals surface area contributed by atoms with E-state index in [2.05, 4.69) is 4.74 Å². The van der Waals surface area contributed by atoms with Crippen LogP contribution in [-0.4, -0.2) is 47.2 Å². The highest BCUT2D eigenvalue weighted by molar-refractivity contribution is 6.31. The Hall–Kier alpha value is -2.42. The number of Topliss-reactive ketones (excluding diaryl/α,β-unsaturated/α-hetero) is 1. The van der Waals surface area contributed by atoms with E-state index in [1.54, 1.807) is 41.5 Å². The third kappa shape index (κ3) is 8.64. The van der Waals surface area contributed by atoms with Crippen molar-refractivity contribution in [1.29, 1.82) is 0 Å². The number of imide groups is 1. The van der Waals surface area contributed by atoms with Gasteiger partial charge in [-0.15, -0.1) is 0 Å². The highest BCUT2D eigenvalue weighted by Gasteiger charge is 2.33. The van der Waals surface area contributed by atoms with Gasteiger partial charge in [-0.3, -0.25) is 4.79 Å². The second-order valence-corrected chi connectivity index (χ2v) is 8.43. The lowest BCUT2D eigenvalue weighted by Gasteiger charge is -2.28. The van der Waals surface area contributed by atoms with Crippen molar-refractivity contribution in [2.45, 2.75) is 59.4 Å². The molecule has 0 atom stereocenters. The molecule has 2 amide bonds. The van der Waals surface area contributed by atoms with Gasteiger partial charge in [0.2, 0.25) is 0 Å². The molecule has 0 aliphatic rings. The fraction of sp³-hybridized carbons (Fsp3) is 0.526. The van der Waals surface area contributed by atoms with Crippen molar-refractivity contribution in [3.63, 3.8) is 0 Å². The average molecular weight is 436 g/mol. The fourth-order valence-corrected chi connectivity index (χ4v) is 2.16. The third-order valence-electron chi connectivity index (χ3n) is 2.99.